The second-order valence-electron chi connectivity index (χ2n) is 16.8. The van der Waals surface area contributed by atoms with Crippen molar-refractivity contribution >= 4 is 92.3 Å². The molecule has 4 aliphatic rings. The van der Waals surface area contributed by atoms with Crippen LogP contribution in [0.1, 0.15) is 31.9 Å². The van der Waals surface area contributed by atoms with E-state index < -0.39 is 0 Å². The van der Waals surface area contributed by atoms with Crippen molar-refractivity contribution in [1.82, 2.24) is 4.48 Å². The molecule has 8 aromatic rings. The van der Waals surface area contributed by atoms with Crippen molar-refractivity contribution in [1.29, 1.82) is 0 Å². The Morgan fingerprint density at radius 1 is 0.579 bits per heavy atom. The molecule has 0 amide bonds. The molecule has 7 aromatic carbocycles. The van der Waals surface area contributed by atoms with Gasteiger partial charge >= 0.3 is 13.7 Å². The van der Waals surface area contributed by atoms with Gasteiger partial charge in [0, 0.05) is 56.5 Å². The maximum Gasteiger partial charge on any atom is 0.332 e. The number of nitrogens with two attached hydrogens (primary N) is 1. The quantitative estimate of drug-likeness (QED) is 0.178. The molecular formula is C50H39B2N5. The lowest BCUT2D eigenvalue weighted by Gasteiger charge is -2.48. The van der Waals surface area contributed by atoms with Gasteiger partial charge in [0.1, 0.15) is 0 Å². The van der Waals surface area contributed by atoms with E-state index in [4.69, 9.17) is 5.73 Å². The summed E-state index contributed by atoms with van der Waals surface area (Å²) in [5.74, 6) is 0. The van der Waals surface area contributed by atoms with Crippen molar-refractivity contribution in [2.24, 2.45) is 5.73 Å². The molecule has 0 spiro atoms. The highest BCUT2D eigenvalue weighted by Gasteiger charge is 2.50. The average Bonchev–Trinajstić information content (AvgIpc) is 3.67. The van der Waals surface area contributed by atoms with E-state index >= 15 is 0 Å². The number of aromatic nitrogens is 1. The van der Waals surface area contributed by atoms with Gasteiger partial charge in [0.15, 0.2) is 0 Å². The molecule has 0 radical (unpaired) electrons. The van der Waals surface area contributed by atoms with Gasteiger partial charge in [0.2, 0.25) is 0 Å². The Morgan fingerprint density at radius 2 is 1.21 bits per heavy atom. The maximum atomic E-state index is 6.11. The minimum Gasteiger partial charge on any atom is -0.419 e. The van der Waals surface area contributed by atoms with E-state index in [9.17, 15) is 0 Å². The highest BCUT2D eigenvalue weighted by molar-refractivity contribution is 7.00. The molecule has 0 bridgehead atoms. The molecule has 0 saturated heterocycles. The Bertz CT molecular complexity index is 3020. The Morgan fingerprint density at radius 3 is 1.93 bits per heavy atom. The predicted octanol–water partition coefficient (Wildman–Crippen LogP) is 9.27. The molecule has 7 heteroatoms. The summed E-state index contributed by atoms with van der Waals surface area (Å²) in [7, 11) is 0. The van der Waals surface area contributed by atoms with Crippen LogP contribution in [0.3, 0.4) is 0 Å². The Balaban J connectivity index is 1.29. The fraction of sp³-hybridized carbons (Fsp3) is 0.0800. The van der Waals surface area contributed by atoms with Crippen molar-refractivity contribution in [2.75, 3.05) is 15.0 Å². The van der Waals surface area contributed by atoms with E-state index in [2.05, 4.69) is 192 Å². The van der Waals surface area contributed by atoms with Gasteiger partial charge in [-0.1, -0.05) is 118 Å². The van der Waals surface area contributed by atoms with Crippen molar-refractivity contribution in [3.05, 3.63) is 169 Å². The van der Waals surface area contributed by atoms with Gasteiger partial charge in [-0.25, -0.2) is 0 Å². The molecule has 1 aromatic heterocycles. The van der Waals surface area contributed by atoms with E-state index in [1.165, 1.54) is 83.3 Å². The van der Waals surface area contributed by atoms with Gasteiger partial charge in [0.05, 0.1) is 0 Å². The molecule has 57 heavy (non-hydrogen) atoms. The largest absolute Gasteiger partial charge is 0.419 e. The SMILES string of the molecule is CC(C)(C)c1cc2c(c3c1N(c1ccccc1)c1cccc4c1B3n1ccc3cccc-4c31)B1Nc3c(/C=C\N)cccc3-c3cccc(c31)N2c1ccccc1. The monoisotopic (exact) mass is 731 g/mol. The summed E-state index contributed by atoms with van der Waals surface area (Å²) in [4.78, 5) is 5.11. The number of benzene rings is 7. The van der Waals surface area contributed by atoms with Gasteiger partial charge in [0.25, 0.3) is 0 Å². The first-order valence-corrected chi connectivity index (χ1v) is 20.0. The Kier molecular flexibility index (Phi) is 6.59. The molecule has 0 unspecified atom stereocenters. The average molecular weight is 732 g/mol. The van der Waals surface area contributed by atoms with E-state index in [1.807, 2.05) is 6.08 Å². The summed E-state index contributed by atoms with van der Waals surface area (Å²) in [6, 6.07) is 53.9. The first-order chi connectivity index (χ1) is 27.9. The topological polar surface area (TPSA) is 49.5 Å². The third kappa shape index (κ3) is 4.31. The standard InChI is InChI=1S/C50H39B2N5/c1-50(2,3)39-30-42-45(51-43-35(37-22-10-14-31(26-28-53)47(37)54-51)20-12-24-40(43)56(42)33-16-6-4-7-17-33)46-49(39)57(34-18-8-5-9-19-34)41-25-13-21-36-38-23-11-15-32-27-29-55(48(32)38)52(46)44(36)41/h4-30,54H,53H2,1-3H3/b28-26-. The highest BCUT2D eigenvalue weighted by Crippen LogP contribution is 2.49. The lowest BCUT2D eigenvalue weighted by atomic mass is 9.35. The van der Waals surface area contributed by atoms with E-state index in [-0.39, 0.29) is 19.1 Å². The van der Waals surface area contributed by atoms with Gasteiger partial charge in [-0.2, -0.15) is 0 Å². The molecule has 0 fully saturated rings. The van der Waals surface area contributed by atoms with Crippen LogP contribution in [0.25, 0.3) is 39.2 Å². The zero-order valence-corrected chi connectivity index (χ0v) is 32.2. The van der Waals surface area contributed by atoms with Crippen molar-refractivity contribution in [2.45, 2.75) is 26.2 Å². The molecule has 3 N–H and O–H groups in total. The molecule has 12 rings (SSSR count). The molecule has 5 heterocycles. The van der Waals surface area contributed by atoms with E-state index in [0.29, 0.717) is 0 Å². The predicted molar refractivity (Wildman–Crippen MR) is 243 cm³/mol. The van der Waals surface area contributed by atoms with Gasteiger partial charge < -0.3 is 25.2 Å². The fourth-order valence-corrected chi connectivity index (χ4v) is 10.5. The molecule has 4 aliphatic heterocycles. The van der Waals surface area contributed by atoms with E-state index in [0.717, 1.165) is 22.6 Å². The fourth-order valence-electron chi connectivity index (χ4n) is 10.5. The van der Waals surface area contributed by atoms with Gasteiger partial charge in [-0.05, 0) is 122 Å². The number of hydrogen-bond donors (Lipinski definition) is 2. The number of nitrogens with one attached hydrogen (secondary N) is 1. The van der Waals surface area contributed by atoms with Crippen LogP contribution in [-0.2, 0) is 5.41 Å². The van der Waals surface area contributed by atoms with Gasteiger partial charge in [-0.15, -0.1) is 0 Å². The van der Waals surface area contributed by atoms with E-state index in [1.54, 1.807) is 6.20 Å². The Labute approximate surface area is 333 Å². The first kappa shape index (κ1) is 32.4. The third-order valence-corrected chi connectivity index (χ3v) is 12.7. The van der Waals surface area contributed by atoms with Gasteiger partial charge in [-0.3, -0.25) is 0 Å². The highest BCUT2D eigenvalue weighted by atomic mass is 15.2. The van der Waals surface area contributed by atoms with Crippen LogP contribution < -0.4 is 42.6 Å². The summed E-state index contributed by atoms with van der Waals surface area (Å²) in [5, 5.41) is 5.48. The second kappa shape index (κ2) is 11.6. The third-order valence-electron chi connectivity index (χ3n) is 12.7. The van der Waals surface area contributed by atoms with Crippen molar-refractivity contribution < 1.29 is 0 Å². The molecule has 0 aliphatic carbocycles. The lowest BCUT2D eigenvalue weighted by Crippen LogP contribution is -2.69. The minimum atomic E-state index is -0.212. The van der Waals surface area contributed by atoms with Crippen LogP contribution in [0.4, 0.5) is 39.8 Å². The van der Waals surface area contributed by atoms with Crippen LogP contribution in [0.5, 0.6) is 0 Å². The zero-order chi connectivity index (χ0) is 38.2. The summed E-state index contributed by atoms with van der Waals surface area (Å²) in [6.07, 6.45) is 6.01. The number of hydrogen-bond acceptors (Lipinski definition) is 4. The summed E-state index contributed by atoms with van der Waals surface area (Å²) in [5.41, 5.74) is 28.2. The number of anilines is 7. The smallest absolute Gasteiger partial charge is 0.332 e. The summed E-state index contributed by atoms with van der Waals surface area (Å²) >= 11 is 0. The molecule has 0 saturated carbocycles. The number of para-hydroxylation sites is 4. The molecule has 5 nitrogen and oxygen atoms in total. The molecule has 0 atom stereocenters. The van der Waals surface area contributed by atoms with Crippen LogP contribution in [0, 0.1) is 0 Å². The summed E-state index contributed by atoms with van der Waals surface area (Å²) in [6.45, 7) is 6.88. The van der Waals surface area contributed by atoms with Crippen LogP contribution in [0.2, 0.25) is 0 Å². The number of nitrogens with zero attached hydrogens (tertiary/aromatic N) is 3. The van der Waals surface area contributed by atoms with Crippen LogP contribution >= 0.6 is 0 Å². The first-order valence-electron chi connectivity index (χ1n) is 20.0. The van der Waals surface area contributed by atoms with Crippen LogP contribution in [0.15, 0.2) is 158 Å². The summed E-state index contributed by atoms with van der Waals surface area (Å²) < 4.78 is 2.58. The molecular weight excluding hydrogens is 692 g/mol. The van der Waals surface area contributed by atoms with Crippen LogP contribution in [-0.4, -0.2) is 18.2 Å². The normalized spacial score (nSPS) is 14.2. The number of rotatable bonds is 3. The minimum absolute atomic E-state index is 0.0803. The maximum absolute atomic E-state index is 6.11. The van der Waals surface area contributed by atoms with Crippen molar-refractivity contribution in [3.8, 4) is 22.3 Å². The van der Waals surface area contributed by atoms with Crippen molar-refractivity contribution in [3.63, 3.8) is 0 Å². The molecule has 270 valence electrons. The Hall–Kier alpha value is -6.85. The number of fused-ring (bicyclic) bond motifs is 9. The lowest BCUT2D eigenvalue weighted by molar-refractivity contribution is 0.591. The zero-order valence-electron chi connectivity index (χ0n) is 32.2. The second-order valence-corrected chi connectivity index (χ2v) is 16.8.